The van der Waals surface area contributed by atoms with Crippen LogP contribution >= 0.6 is 0 Å². The van der Waals surface area contributed by atoms with Crippen molar-refractivity contribution in [2.75, 3.05) is 6.54 Å². The van der Waals surface area contributed by atoms with Gasteiger partial charge in [-0.2, -0.15) is 0 Å². The highest BCUT2D eigenvalue weighted by Crippen LogP contribution is 2.33. The maximum atomic E-state index is 2.89. The minimum absolute atomic E-state index is 0.313. The molecule has 1 nitrogen and oxygen atoms in total. The summed E-state index contributed by atoms with van der Waals surface area (Å²) in [4.78, 5) is 2.89. The molecule has 0 bridgehead atoms. The van der Waals surface area contributed by atoms with Gasteiger partial charge in [-0.3, -0.25) is 4.90 Å². The monoisotopic (exact) mass is 564 g/mol. The van der Waals surface area contributed by atoms with E-state index in [1.165, 1.54) is 193 Å². The molecule has 0 aliphatic carbocycles. The maximum Gasteiger partial charge on any atom is 0.0158 e. The average molecular weight is 564 g/mol. The van der Waals surface area contributed by atoms with E-state index in [1.807, 2.05) is 0 Å². The lowest BCUT2D eigenvalue weighted by atomic mass is 9.85. The molecule has 0 spiro atoms. The van der Waals surface area contributed by atoms with Crippen molar-refractivity contribution in [2.24, 2.45) is 0 Å². The molecule has 0 amide bonds. The predicted molar refractivity (Wildman–Crippen MR) is 186 cm³/mol. The number of nitrogens with zero attached hydrogens (tertiary/aromatic N) is 1. The van der Waals surface area contributed by atoms with Crippen molar-refractivity contribution in [3.8, 4) is 0 Å². The van der Waals surface area contributed by atoms with Crippen LogP contribution in [0.15, 0.2) is 0 Å². The zero-order chi connectivity index (χ0) is 29.8. The molecule has 0 saturated heterocycles. The summed E-state index contributed by atoms with van der Waals surface area (Å²) >= 11 is 0. The Morgan fingerprint density at radius 2 is 0.525 bits per heavy atom. The molecule has 1 heteroatoms. The summed E-state index contributed by atoms with van der Waals surface area (Å²) in [5.41, 5.74) is 0.627. The van der Waals surface area contributed by atoms with E-state index >= 15 is 0 Å². The Morgan fingerprint density at radius 1 is 0.300 bits per heavy atom. The molecule has 0 aromatic carbocycles. The van der Waals surface area contributed by atoms with E-state index in [0.717, 1.165) is 0 Å². The normalized spacial score (nSPS) is 12.6. The Hall–Kier alpha value is -0.0400. The number of hydrogen-bond acceptors (Lipinski definition) is 1. The highest BCUT2D eigenvalue weighted by atomic mass is 15.2. The van der Waals surface area contributed by atoms with E-state index in [9.17, 15) is 0 Å². The fourth-order valence-electron chi connectivity index (χ4n) is 7.07. The fourth-order valence-corrected chi connectivity index (χ4v) is 7.07. The summed E-state index contributed by atoms with van der Waals surface area (Å²) in [5.74, 6) is 0. The highest BCUT2D eigenvalue weighted by molar-refractivity contribution is 4.92. The van der Waals surface area contributed by atoms with E-state index in [1.54, 1.807) is 0 Å². The Labute approximate surface area is 256 Å². The first kappa shape index (κ1) is 40.0. The highest BCUT2D eigenvalue weighted by Gasteiger charge is 2.36. The molecular formula is C39H81N. The first-order valence-corrected chi connectivity index (χ1v) is 19.1. The Bertz CT molecular complexity index is 451. The van der Waals surface area contributed by atoms with Crippen LogP contribution in [0.1, 0.15) is 235 Å². The van der Waals surface area contributed by atoms with Gasteiger partial charge < -0.3 is 0 Å². The molecule has 242 valence electrons. The van der Waals surface area contributed by atoms with Crippen molar-refractivity contribution in [3.63, 3.8) is 0 Å². The van der Waals surface area contributed by atoms with Gasteiger partial charge in [0.2, 0.25) is 0 Å². The summed E-state index contributed by atoms with van der Waals surface area (Å²) in [5, 5.41) is 0. The molecule has 0 aliphatic rings. The second-order valence-electron chi connectivity index (χ2n) is 14.8. The maximum absolute atomic E-state index is 2.89. The number of unbranched alkanes of at least 4 members (excludes halogenated alkanes) is 24. The molecule has 0 heterocycles. The van der Waals surface area contributed by atoms with Crippen LogP contribution in [-0.4, -0.2) is 22.5 Å². The van der Waals surface area contributed by atoms with Crippen molar-refractivity contribution < 1.29 is 0 Å². The largest absolute Gasteiger partial charge is 0.293 e. The van der Waals surface area contributed by atoms with Crippen molar-refractivity contribution in [1.82, 2.24) is 4.90 Å². The fraction of sp³-hybridized carbons (Fsp3) is 1.00. The molecule has 0 unspecified atom stereocenters. The van der Waals surface area contributed by atoms with Crippen LogP contribution in [0.2, 0.25) is 0 Å². The van der Waals surface area contributed by atoms with Gasteiger partial charge in [-0.05, 0) is 53.5 Å². The van der Waals surface area contributed by atoms with Crippen LogP contribution in [0.4, 0.5) is 0 Å². The lowest BCUT2D eigenvalue weighted by Crippen LogP contribution is -2.55. The number of hydrogen-bond donors (Lipinski definition) is 0. The lowest BCUT2D eigenvalue weighted by molar-refractivity contribution is 0.00311. The van der Waals surface area contributed by atoms with Gasteiger partial charge in [-0.25, -0.2) is 0 Å². The Morgan fingerprint density at radius 3 is 0.750 bits per heavy atom. The van der Waals surface area contributed by atoms with Gasteiger partial charge in [0.05, 0.1) is 0 Å². The molecular weight excluding hydrogens is 482 g/mol. The zero-order valence-electron chi connectivity index (χ0n) is 29.7. The molecule has 0 aromatic heterocycles. The second-order valence-corrected chi connectivity index (χ2v) is 14.8. The summed E-state index contributed by atoms with van der Waals surface area (Å²) in [6.07, 6.45) is 41.6. The van der Waals surface area contributed by atoms with Gasteiger partial charge in [0.25, 0.3) is 0 Å². The van der Waals surface area contributed by atoms with Crippen LogP contribution in [0, 0.1) is 0 Å². The van der Waals surface area contributed by atoms with E-state index in [0.29, 0.717) is 11.1 Å². The first-order chi connectivity index (χ1) is 19.3. The third-order valence-electron chi connectivity index (χ3n) is 9.69. The van der Waals surface area contributed by atoms with Crippen LogP contribution in [0.25, 0.3) is 0 Å². The summed E-state index contributed by atoms with van der Waals surface area (Å²) in [6, 6.07) is 0. The van der Waals surface area contributed by atoms with Crippen LogP contribution in [-0.2, 0) is 0 Å². The Kier molecular flexibility index (Phi) is 27.7. The summed E-state index contributed by atoms with van der Waals surface area (Å²) < 4.78 is 0. The lowest BCUT2D eigenvalue weighted by Gasteiger charge is -2.49. The molecule has 0 rings (SSSR count). The standard InChI is InChI=1S/C39H81N/c1-8-11-13-15-17-19-21-23-25-27-29-31-33-35-38(4,5)40(37-10-3)39(6,7)36-34-32-30-28-26-24-22-20-18-16-14-12-9-2/h8-37H2,1-7H3. The van der Waals surface area contributed by atoms with E-state index in [4.69, 9.17) is 0 Å². The molecule has 0 radical (unpaired) electrons. The smallest absolute Gasteiger partial charge is 0.0158 e. The van der Waals surface area contributed by atoms with Crippen molar-refractivity contribution >= 4 is 0 Å². The van der Waals surface area contributed by atoms with Gasteiger partial charge in [-0.15, -0.1) is 0 Å². The molecule has 0 aliphatic heterocycles. The molecule has 0 fully saturated rings. The van der Waals surface area contributed by atoms with E-state index in [-0.39, 0.29) is 0 Å². The van der Waals surface area contributed by atoms with Crippen molar-refractivity contribution in [1.29, 1.82) is 0 Å². The van der Waals surface area contributed by atoms with Crippen LogP contribution in [0.5, 0.6) is 0 Å². The van der Waals surface area contributed by atoms with Gasteiger partial charge in [-0.1, -0.05) is 188 Å². The molecule has 0 N–H and O–H groups in total. The second kappa shape index (κ2) is 27.8. The van der Waals surface area contributed by atoms with Gasteiger partial charge >= 0.3 is 0 Å². The zero-order valence-corrected chi connectivity index (χ0v) is 29.7. The quantitative estimate of drug-likeness (QED) is 0.0735. The van der Waals surface area contributed by atoms with Gasteiger partial charge in [0.1, 0.15) is 0 Å². The van der Waals surface area contributed by atoms with E-state index < -0.39 is 0 Å². The molecule has 0 aromatic rings. The van der Waals surface area contributed by atoms with Gasteiger partial charge in [0.15, 0.2) is 0 Å². The molecule has 40 heavy (non-hydrogen) atoms. The predicted octanol–water partition coefficient (Wildman–Crippen LogP) is 14.2. The van der Waals surface area contributed by atoms with Crippen LogP contribution < -0.4 is 0 Å². The van der Waals surface area contributed by atoms with E-state index in [2.05, 4.69) is 53.4 Å². The Balaban J connectivity index is 3.99. The van der Waals surface area contributed by atoms with Crippen molar-refractivity contribution in [3.05, 3.63) is 0 Å². The van der Waals surface area contributed by atoms with Crippen molar-refractivity contribution in [2.45, 2.75) is 246 Å². The summed E-state index contributed by atoms with van der Waals surface area (Å²) in [7, 11) is 0. The third kappa shape index (κ3) is 23.5. The van der Waals surface area contributed by atoms with Crippen LogP contribution in [0.3, 0.4) is 0 Å². The third-order valence-corrected chi connectivity index (χ3v) is 9.69. The SMILES string of the molecule is CCCCCCCCCCCCCCCC(C)(C)N(CCC)C(C)(C)CCCCCCCCCCCCCCC. The first-order valence-electron chi connectivity index (χ1n) is 19.1. The topological polar surface area (TPSA) is 3.24 Å². The average Bonchev–Trinajstić information content (AvgIpc) is 2.92. The minimum atomic E-state index is 0.313. The van der Waals surface area contributed by atoms with Gasteiger partial charge in [0, 0.05) is 11.1 Å². The molecule has 0 atom stereocenters. The number of rotatable bonds is 32. The summed E-state index contributed by atoms with van der Waals surface area (Å²) in [6.45, 7) is 18.4. The minimum Gasteiger partial charge on any atom is -0.293 e. The molecule has 0 saturated carbocycles.